The number of hydrogen-bond donors (Lipinski definition) is 0. The maximum atomic E-state index is 13.8. The fourth-order valence-electron chi connectivity index (χ4n) is 5.57. The standard InChI is InChI=1S/C33H32N4O3S/c1-21-6-12-28(13-7-21)41(39,40)37-20-31(23-8-10-24(11-9-23)33(38)35(3)4)29-16-26(17-34-32(29)37)25-14-22(2)30-19-36(5)18-27(30)15-25/h6-17,20H,18-19H2,1-5H3. The van der Waals surface area contributed by atoms with Gasteiger partial charge in [-0.05, 0) is 85.1 Å². The lowest BCUT2D eigenvalue weighted by molar-refractivity contribution is 0.0827. The minimum Gasteiger partial charge on any atom is -0.345 e. The first-order valence-corrected chi connectivity index (χ1v) is 14.9. The second-order valence-corrected chi connectivity index (χ2v) is 12.9. The molecule has 0 aliphatic carbocycles. The molecule has 0 spiro atoms. The Labute approximate surface area is 240 Å². The molecule has 41 heavy (non-hydrogen) atoms. The Balaban J connectivity index is 1.54. The first-order chi connectivity index (χ1) is 19.5. The van der Waals surface area contributed by atoms with Gasteiger partial charge in [-0.2, -0.15) is 0 Å². The van der Waals surface area contributed by atoms with Gasteiger partial charge in [-0.3, -0.25) is 9.69 Å². The van der Waals surface area contributed by atoms with E-state index in [0.717, 1.165) is 46.3 Å². The van der Waals surface area contributed by atoms with Crippen molar-refractivity contribution in [2.45, 2.75) is 31.8 Å². The van der Waals surface area contributed by atoms with Crippen LogP contribution in [0, 0.1) is 13.8 Å². The summed E-state index contributed by atoms with van der Waals surface area (Å²) < 4.78 is 29.0. The minimum atomic E-state index is -3.91. The van der Waals surface area contributed by atoms with E-state index in [1.165, 1.54) is 25.6 Å². The fraction of sp³-hybridized carbons (Fsp3) is 0.212. The summed E-state index contributed by atoms with van der Waals surface area (Å²) in [6, 6.07) is 20.5. The van der Waals surface area contributed by atoms with Crippen molar-refractivity contribution in [2.75, 3.05) is 21.1 Å². The smallest absolute Gasteiger partial charge is 0.269 e. The fourth-order valence-corrected chi connectivity index (χ4v) is 6.89. The molecule has 1 aliphatic rings. The minimum absolute atomic E-state index is 0.0949. The number of pyridine rings is 1. The highest BCUT2D eigenvalue weighted by Crippen LogP contribution is 2.36. The van der Waals surface area contributed by atoms with Crippen LogP contribution in [0.1, 0.15) is 32.6 Å². The number of nitrogens with zero attached hydrogens (tertiary/aromatic N) is 4. The molecule has 0 bridgehead atoms. The van der Waals surface area contributed by atoms with Crippen molar-refractivity contribution in [3.63, 3.8) is 0 Å². The summed E-state index contributed by atoms with van der Waals surface area (Å²) in [6.07, 6.45) is 3.40. The predicted molar refractivity (Wildman–Crippen MR) is 162 cm³/mol. The normalized spacial score (nSPS) is 13.5. The number of carbonyl (C=O) groups excluding carboxylic acids is 1. The van der Waals surface area contributed by atoms with Gasteiger partial charge in [0, 0.05) is 61.7 Å². The number of carbonyl (C=O) groups is 1. The van der Waals surface area contributed by atoms with Crippen LogP contribution in [0.3, 0.4) is 0 Å². The van der Waals surface area contributed by atoms with Crippen LogP contribution in [0.5, 0.6) is 0 Å². The molecule has 0 saturated heterocycles. The van der Waals surface area contributed by atoms with Gasteiger partial charge in [-0.25, -0.2) is 17.4 Å². The molecule has 0 radical (unpaired) electrons. The van der Waals surface area contributed by atoms with Gasteiger partial charge < -0.3 is 4.90 Å². The molecule has 0 atom stereocenters. The molecule has 7 nitrogen and oxygen atoms in total. The number of aryl methyl sites for hydroxylation is 2. The van der Waals surface area contributed by atoms with Gasteiger partial charge in [0.15, 0.2) is 5.65 Å². The molecule has 0 saturated carbocycles. The van der Waals surface area contributed by atoms with Crippen LogP contribution in [0.25, 0.3) is 33.3 Å². The molecular formula is C33H32N4O3S. The van der Waals surface area contributed by atoms with E-state index >= 15 is 0 Å². The Bertz CT molecular complexity index is 1920. The zero-order valence-corrected chi connectivity index (χ0v) is 24.7. The quantitative estimate of drug-likeness (QED) is 0.267. The van der Waals surface area contributed by atoms with Gasteiger partial charge in [0.25, 0.3) is 15.9 Å². The first-order valence-electron chi connectivity index (χ1n) is 13.5. The van der Waals surface area contributed by atoms with Crippen molar-refractivity contribution < 1.29 is 13.2 Å². The highest BCUT2D eigenvalue weighted by molar-refractivity contribution is 7.90. The predicted octanol–water partition coefficient (Wildman–Crippen LogP) is 5.87. The number of benzene rings is 3. The number of amides is 1. The number of hydrogen-bond acceptors (Lipinski definition) is 5. The Morgan fingerprint density at radius 3 is 2.27 bits per heavy atom. The van der Waals surface area contributed by atoms with E-state index in [1.807, 2.05) is 25.1 Å². The molecule has 8 heteroatoms. The molecule has 1 amide bonds. The summed E-state index contributed by atoms with van der Waals surface area (Å²) >= 11 is 0. The van der Waals surface area contributed by atoms with Crippen LogP contribution in [0.4, 0.5) is 0 Å². The number of aromatic nitrogens is 2. The van der Waals surface area contributed by atoms with Crippen molar-refractivity contribution >= 4 is 27.0 Å². The molecule has 3 aromatic carbocycles. The number of fused-ring (bicyclic) bond motifs is 2. The van der Waals surface area contributed by atoms with Gasteiger partial charge in [0.1, 0.15) is 0 Å². The third-order valence-electron chi connectivity index (χ3n) is 7.81. The highest BCUT2D eigenvalue weighted by Gasteiger charge is 2.24. The monoisotopic (exact) mass is 564 g/mol. The largest absolute Gasteiger partial charge is 0.345 e. The topological polar surface area (TPSA) is 75.5 Å². The molecule has 1 aliphatic heterocycles. The third-order valence-corrected chi connectivity index (χ3v) is 9.47. The SMILES string of the molecule is Cc1ccc(S(=O)(=O)n2cc(-c3ccc(C(=O)N(C)C)cc3)c3cc(-c4cc(C)c5c(c4)CN(C)C5)cnc32)cc1. The van der Waals surface area contributed by atoms with Gasteiger partial charge in [0.05, 0.1) is 4.90 Å². The molecule has 208 valence electrons. The van der Waals surface area contributed by atoms with Crippen molar-refractivity contribution in [3.8, 4) is 22.3 Å². The van der Waals surface area contributed by atoms with E-state index in [1.54, 1.807) is 62.9 Å². The van der Waals surface area contributed by atoms with Crippen LogP contribution in [-0.4, -0.2) is 54.2 Å². The molecule has 0 N–H and O–H groups in total. The van der Waals surface area contributed by atoms with E-state index < -0.39 is 10.0 Å². The van der Waals surface area contributed by atoms with Crippen LogP contribution < -0.4 is 0 Å². The second-order valence-electron chi connectivity index (χ2n) is 11.1. The van der Waals surface area contributed by atoms with Crippen LogP contribution in [-0.2, 0) is 23.1 Å². The lowest BCUT2D eigenvalue weighted by atomic mass is 9.96. The molecule has 6 rings (SSSR count). The van der Waals surface area contributed by atoms with Gasteiger partial charge >= 0.3 is 0 Å². The summed E-state index contributed by atoms with van der Waals surface area (Å²) in [4.78, 5) is 21.2. The average Bonchev–Trinajstić information content (AvgIpc) is 3.53. The third kappa shape index (κ3) is 4.73. The van der Waals surface area contributed by atoms with Crippen LogP contribution >= 0.6 is 0 Å². The van der Waals surface area contributed by atoms with Crippen molar-refractivity contribution in [3.05, 3.63) is 107 Å². The summed E-state index contributed by atoms with van der Waals surface area (Å²) in [5.41, 5.74) is 9.32. The van der Waals surface area contributed by atoms with Crippen molar-refractivity contribution in [2.24, 2.45) is 0 Å². The zero-order valence-electron chi connectivity index (χ0n) is 23.8. The summed E-state index contributed by atoms with van der Waals surface area (Å²) in [5, 5.41) is 0.722. The summed E-state index contributed by atoms with van der Waals surface area (Å²) in [6.45, 7) is 5.90. The molecule has 0 unspecified atom stereocenters. The summed E-state index contributed by atoms with van der Waals surface area (Å²) in [7, 11) is 1.63. The van der Waals surface area contributed by atoms with E-state index in [2.05, 4.69) is 31.0 Å². The molecule has 2 aromatic heterocycles. The molecule has 0 fully saturated rings. The van der Waals surface area contributed by atoms with E-state index in [9.17, 15) is 13.2 Å². The van der Waals surface area contributed by atoms with Gasteiger partial charge in [-0.15, -0.1) is 0 Å². The second kappa shape index (κ2) is 9.98. The van der Waals surface area contributed by atoms with E-state index in [0.29, 0.717) is 11.2 Å². The Kier molecular flexibility index (Phi) is 6.55. The lowest BCUT2D eigenvalue weighted by Gasteiger charge is -2.11. The van der Waals surface area contributed by atoms with Crippen molar-refractivity contribution in [1.29, 1.82) is 0 Å². The zero-order chi connectivity index (χ0) is 29.1. The van der Waals surface area contributed by atoms with Crippen molar-refractivity contribution in [1.82, 2.24) is 18.8 Å². The first kappa shape index (κ1) is 26.9. The average molecular weight is 565 g/mol. The molecule has 3 heterocycles. The Morgan fingerprint density at radius 1 is 0.878 bits per heavy atom. The number of rotatable bonds is 5. The Hall–Kier alpha value is -4.27. The summed E-state index contributed by atoms with van der Waals surface area (Å²) in [5.74, 6) is -0.0949. The highest BCUT2D eigenvalue weighted by atomic mass is 32.2. The van der Waals surface area contributed by atoms with E-state index in [-0.39, 0.29) is 10.8 Å². The Morgan fingerprint density at radius 2 is 1.59 bits per heavy atom. The van der Waals surface area contributed by atoms with Crippen LogP contribution in [0.15, 0.2) is 84.0 Å². The maximum Gasteiger partial charge on any atom is 0.269 e. The molecular weight excluding hydrogens is 532 g/mol. The van der Waals surface area contributed by atoms with E-state index in [4.69, 9.17) is 4.98 Å². The molecule has 5 aromatic rings. The van der Waals surface area contributed by atoms with Gasteiger partial charge in [-0.1, -0.05) is 35.9 Å². The maximum absolute atomic E-state index is 13.8. The van der Waals surface area contributed by atoms with Crippen LogP contribution in [0.2, 0.25) is 0 Å². The van der Waals surface area contributed by atoms with Gasteiger partial charge in [0.2, 0.25) is 0 Å². The lowest BCUT2D eigenvalue weighted by Crippen LogP contribution is -2.21.